The summed E-state index contributed by atoms with van der Waals surface area (Å²) in [4.78, 5) is 4.25. The van der Waals surface area contributed by atoms with Crippen molar-refractivity contribution in [2.24, 2.45) is 4.99 Å². The Morgan fingerprint density at radius 2 is 1.79 bits per heavy atom. The van der Waals surface area contributed by atoms with E-state index < -0.39 is 0 Å². The third-order valence-electron chi connectivity index (χ3n) is 4.26. The van der Waals surface area contributed by atoms with Crippen LogP contribution in [0.2, 0.25) is 5.02 Å². The van der Waals surface area contributed by atoms with Crippen LogP contribution >= 0.6 is 11.6 Å². The molecule has 3 rings (SSSR count). The van der Waals surface area contributed by atoms with Gasteiger partial charge in [0.2, 0.25) is 0 Å². The lowest BCUT2D eigenvalue weighted by Crippen LogP contribution is -2.41. The van der Waals surface area contributed by atoms with Crippen LogP contribution in [-0.4, -0.2) is 24.5 Å². The molecule has 0 aromatic heterocycles. The van der Waals surface area contributed by atoms with Crippen LogP contribution in [0.15, 0.2) is 17.1 Å². The van der Waals surface area contributed by atoms with E-state index in [1.54, 1.807) is 0 Å². The number of hydrogen-bond acceptors (Lipinski definition) is 3. The van der Waals surface area contributed by atoms with Crippen LogP contribution in [0.25, 0.3) is 0 Å². The van der Waals surface area contributed by atoms with Gasteiger partial charge in [0.15, 0.2) is 0 Å². The first kappa shape index (κ1) is 13.2. The molecule has 1 saturated heterocycles. The Bertz CT molecular complexity index is 553. The zero-order chi connectivity index (χ0) is 13.8. The highest BCUT2D eigenvalue weighted by Crippen LogP contribution is 2.37. The van der Waals surface area contributed by atoms with Gasteiger partial charge in [-0.15, -0.1) is 0 Å². The number of fused-ring (bicyclic) bond motifs is 1. The van der Waals surface area contributed by atoms with Gasteiger partial charge in [-0.25, -0.2) is 0 Å². The lowest BCUT2D eigenvalue weighted by Gasteiger charge is -2.32. The van der Waals surface area contributed by atoms with Crippen molar-refractivity contribution in [1.29, 1.82) is 0 Å². The van der Waals surface area contributed by atoms with Crippen molar-refractivity contribution in [3.8, 4) is 0 Å². The van der Waals surface area contributed by atoms with E-state index >= 15 is 0 Å². The van der Waals surface area contributed by atoms with Gasteiger partial charge in [-0.2, -0.15) is 0 Å². The summed E-state index contributed by atoms with van der Waals surface area (Å²) in [6.45, 7) is 8.84. The van der Waals surface area contributed by atoms with Crippen molar-refractivity contribution < 1.29 is 9.31 Å². The fraction of sp³-hybridized carbons (Fsp3) is 0.500. The van der Waals surface area contributed by atoms with Crippen molar-refractivity contribution in [2.75, 3.05) is 0 Å². The van der Waals surface area contributed by atoms with E-state index in [0.29, 0.717) is 6.54 Å². The summed E-state index contributed by atoms with van der Waals surface area (Å²) in [5.74, 6) is 0. The van der Waals surface area contributed by atoms with Gasteiger partial charge in [0.05, 0.1) is 17.7 Å². The molecule has 0 bridgehead atoms. The summed E-state index contributed by atoms with van der Waals surface area (Å²) in [7, 11) is -0.373. The highest BCUT2D eigenvalue weighted by molar-refractivity contribution is 6.62. The van der Waals surface area contributed by atoms with Crippen LogP contribution in [-0.2, 0) is 15.9 Å². The van der Waals surface area contributed by atoms with Crippen LogP contribution < -0.4 is 5.46 Å². The molecule has 100 valence electrons. The Hall–Kier alpha value is -0.835. The summed E-state index contributed by atoms with van der Waals surface area (Å²) >= 11 is 6.30. The van der Waals surface area contributed by atoms with Crippen molar-refractivity contribution in [3.63, 3.8) is 0 Å². The summed E-state index contributed by atoms with van der Waals surface area (Å²) in [5, 5.41) is 0.736. The van der Waals surface area contributed by atoms with Crippen molar-refractivity contribution >= 4 is 30.4 Å². The highest BCUT2D eigenvalue weighted by atomic mass is 35.5. The minimum absolute atomic E-state index is 0.336. The Morgan fingerprint density at radius 1 is 1.16 bits per heavy atom. The van der Waals surface area contributed by atoms with E-state index in [-0.39, 0.29) is 18.3 Å². The largest absolute Gasteiger partial charge is 0.494 e. The molecule has 2 aliphatic rings. The zero-order valence-corrected chi connectivity index (χ0v) is 12.4. The third-order valence-corrected chi connectivity index (χ3v) is 4.59. The number of rotatable bonds is 1. The number of aliphatic imine (C=N–C) groups is 1. The average Bonchev–Trinajstić information content (AvgIpc) is 2.82. The Kier molecular flexibility index (Phi) is 2.82. The predicted octanol–water partition coefficient (Wildman–Crippen LogP) is 2.57. The standard InChI is InChI=1S/C14H17BClNO2/c1-13(2)14(3,4)19-15(18-13)10-5-9-7-17-8-11(9)12(16)6-10/h5-7H,8H2,1-4H3. The summed E-state index contributed by atoms with van der Waals surface area (Å²) in [6, 6.07) is 3.98. The molecule has 0 radical (unpaired) electrons. The lowest BCUT2D eigenvalue weighted by molar-refractivity contribution is 0.00578. The number of benzene rings is 1. The van der Waals surface area contributed by atoms with Gasteiger partial charge in [-0.3, -0.25) is 4.99 Å². The Labute approximate surface area is 119 Å². The molecule has 0 spiro atoms. The van der Waals surface area contributed by atoms with E-state index in [1.807, 2.05) is 40.0 Å². The fourth-order valence-corrected chi connectivity index (χ4v) is 2.61. The summed E-state index contributed by atoms with van der Waals surface area (Å²) < 4.78 is 12.1. The van der Waals surface area contributed by atoms with E-state index in [9.17, 15) is 0 Å². The minimum Gasteiger partial charge on any atom is -0.399 e. The van der Waals surface area contributed by atoms with Gasteiger partial charge in [0, 0.05) is 16.8 Å². The second kappa shape index (κ2) is 4.08. The van der Waals surface area contributed by atoms with E-state index in [4.69, 9.17) is 20.9 Å². The minimum atomic E-state index is -0.373. The topological polar surface area (TPSA) is 30.8 Å². The first-order valence-corrected chi connectivity index (χ1v) is 6.86. The molecule has 0 saturated carbocycles. The molecule has 1 aromatic rings. The molecule has 2 aliphatic heterocycles. The maximum absolute atomic E-state index is 6.30. The molecule has 0 amide bonds. The first-order valence-electron chi connectivity index (χ1n) is 6.48. The van der Waals surface area contributed by atoms with Crippen molar-refractivity contribution in [1.82, 2.24) is 0 Å². The highest BCUT2D eigenvalue weighted by Gasteiger charge is 2.51. The van der Waals surface area contributed by atoms with Gasteiger partial charge in [-0.05, 0) is 44.8 Å². The maximum atomic E-state index is 6.30. The van der Waals surface area contributed by atoms with Gasteiger partial charge >= 0.3 is 7.12 Å². The van der Waals surface area contributed by atoms with Crippen LogP contribution in [0.4, 0.5) is 0 Å². The molecule has 5 heteroatoms. The molecule has 2 heterocycles. The smallest absolute Gasteiger partial charge is 0.399 e. The van der Waals surface area contributed by atoms with E-state index in [1.165, 1.54) is 0 Å². The van der Waals surface area contributed by atoms with Crippen LogP contribution in [0.1, 0.15) is 38.8 Å². The molecule has 1 aromatic carbocycles. The molecule has 0 atom stereocenters. The fourth-order valence-electron chi connectivity index (χ4n) is 2.31. The molecule has 0 unspecified atom stereocenters. The lowest BCUT2D eigenvalue weighted by atomic mass is 9.78. The second-order valence-electron chi connectivity index (χ2n) is 6.13. The maximum Gasteiger partial charge on any atom is 0.494 e. The van der Waals surface area contributed by atoms with Gasteiger partial charge in [-0.1, -0.05) is 17.7 Å². The van der Waals surface area contributed by atoms with E-state index in [2.05, 4.69) is 11.1 Å². The zero-order valence-electron chi connectivity index (χ0n) is 11.7. The third kappa shape index (κ3) is 2.02. The quantitative estimate of drug-likeness (QED) is 0.739. The molecule has 1 fully saturated rings. The second-order valence-corrected chi connectivity index (χ2v) is 6.54. The number of nitrogens with zero attached hydrogens (tertiary/aromatic N) is 1. The predicted molar refractivity (Wildman–Crippen MR) is 78.5 cm³/mol. The summed E-state index contributed by atoms with van der Waals surface area (Å²) in [5.41, 5.74) is 2.43. The van der Waals surface area contributed by atoms with E-state index in [0.717, 1.165) is 21.6 Å². The molecular weight excluding hydrogens is 260 g/mol. The Morgan fingerprint density at radius 3 is 2.42 bits per heavy atom. The van der Waals surface area contributed by atoms with Crippen molar-refractivity contribution in [3.05, 3.63) is 28.3 Å². The average molecular weight is 278 g/mol. The molecule has 0 aliphatic carbocycles. The molecule has 0 N–H and O–H groups in total. The van der Waals surface area contributed by atoms with Crippen LogP contribution in [0.3, 0.4) is 0 Å². The van der Waals surface area contributed by atoms with Gasteiger partial charge in [0.1, 0.15) is 0 Å². The molecule has 3 nitrogen and oxygen atoms in total. The number of halogens is 1. The summed E-state index contributed by atoms with van der Waals surface area (Å²) in [6.07, 6.45) is 1.86. The van der Waals surface area contributed by atoms with Gasteiger partial charge < -0.3 is 9.31 Å². The number of hydrogen-bond donors (Lipinski definition) is 0. The first-order chi connectivity index (χ1) is 8.80. The van der Waals surface area contributed by atoms with Crippen molar-refractivity contribution in [2.45, 2.75) is 45.4 Å². The van der Waals surface area contributed by atoms with Crippen LogP contribution in [0, 0.1) is 0 Å². The monoisotopic (exact) mass is 277 g/mol. The molecular formula is C14H17BClNO2. The Balaban J connectivity index is 1.97. The normalized spacial score (nSPS) is 22.9. The SMILES string of the molecule is CC1(C)OB(c2cc(Cl)c3c(c2)C=NC3)OC1(C)C. The molecule has 19 heavy (non-hydrogen) atoms. The van der Waals surface area contributed by atoms with Crippen LogP contribution in [0.5, 0.6) is 0 Å². The van der Waals surface area contributed by atoms with Gasteiger partial charge in [0.25, 0.3) is 0 Å².